The van der Waals surface area contributed by atoms with Crippen LogP contribution in [-0.4, -0.2) is 12.0 Å². The predicted octanol–water partition coefficient (Wildman–Crippen LogP) is 3.19. The average Bonchev–Trinajstić information content (AvgIpc) is 2.33. The molecule has 0 radical (unpaired) electrons. The van der Waals surface area contributed by atoms with Gasteiger partial charge in [-0.2, -0.15) is 0 Å². The summed E-state index contributed by atoms with van der Waals surface area (Å²) in [7, 11) is 1.70. The summed E-state index contributed by atoms with van der Waals surface area (Å²) < 4.78 is 31.3. The lowest BCUT2D eigenvalue weighted by Gasteiger charge is -2.09. The third kappa shape index (κ3) is 2.50. The minimum absolute atomic E-state index is 0.0680. The predicted molar refractivity (Wildman–Crippen MR) is 60.2 cm³/mol. The number of ether oxygens (including phenoxy) is 1. The highest BCUT2D eigenvalue weighted by Crippen LogP contribution is 2.28. The third-order valence-corrected chi connectivity index (χ3v) is 2.14. The number of hydrogen-bond acceptors (Lipinski definition) is 3. The van der Waals surface area contributed by atoms with Crippen molar-refractivity contribution in [2.75, 3.05) is 12.4 Å². The van der Waals surface area contributed by atoms with Crippen LogP contribution in [-0.2, 0) is 0 Å². The molecule has 0 spiro atoms. The lowest BCUT2D eigenvalue weighted by atomic mass is 10.3. The number of benzene rings is 1. The summed E-state index contributed by atoms with van der Waals surface area (Å²) in [5.41, 5.74) is 0.622. The number of anilines is 1. The number of nitrogens with zero attached hydrogens (tertiary/aromatic N) is 1. The molecule has 0 aliphatic rings. The van der Waals surface area contributed by atoms with Crippen molar-refractivity contribution in [1.82, 2.24) is 4.98 Å². The van der Waals surface area contributed by atoms with E-state index in [-0.39, 0.29) is 11.6 Å². The molecule has 1 aromatic heterocycles. The van der Waals surface area contributed by atoms with Crippen molar-refractivity contribution in [2.24, 2.45) is 0 Å². The van der Waals surface area contributed by atoms with Gasteiger partial charge in [0.05, 0.1) is 5.69 Å². The lowest BCUT2D eigenvalue weighted by Crippen LogP contribution is -1.96. The van der Waals surface area contributed by atoms with Gasteiger partial charge in [0.15, 0.2) is 11.6 Å². The van der Waals surface area contributed by atoms with Crippen LogP contribution in [0.1, 0.15) is 0 Å². The third-order valence-electron chi connectivity index (χ3n) is 2.14. The molecule has 0 aliphatic heterocycles. The Kier molecular flexibility index (Phi) is 3.18. The maximum atomic E-state index is 13.4. The van der Waals surface area contributed by atoms with Crippen LogP contribution in [0.3, 0.4) is 0 Å². The molecule has 3 nitrogen and oxygen atoms in total. The standard InChI is InChI=1S/C12H10F2N2O/c1-15-10-3-2-6-16-12(10)17-11-5-4-8(13)7-9(11)14/h2-7,15H,1H3. The fourth-order valence-corrected chi connectivity index (χ4v) is 1.32. The second kappa shape index (κ2) is 4.78. The van der Waals surface area contributed by atoms with Crippen LogP contribution in [0.25, 0.3) is 0 Å². The number of aromatic nitrogens is 1. The van der Waals surface area contributed by atoms with E-state index in [1.807, 2.05) is 0 Å². The summed E-state index contributed by atoms with van der Waals surface area (Å²) in [5.74, 6) is -1.25. The Balaban J connectivity index is 2.31. The molecule has 0 saturated heterocycles. The molecule has 2 aromatic rings. The molecular formula is C12H10F2N2O. The van der Waals surface area contributed by atoms with Gasteiger partial charge in [-0.15, -0.1) is 0 Å². The van der Waals surface area contributed by atoms with E-state index in [2.05, 4.69) is 10.3 Å². The van der Waals surface area contributed by atoms with Gasteiger partial charge in [0.2, 0.25) is 5.88 Å². The van der Waals surface area contributed by atoms with Gasteiger partial charge in [0.1, 0.15) is 5.82 Å². The normalized spacial score (nSPS) is 10.1. The Morgan fingerprint density at radius 1 is 1.24 bits per heavy atom. The molecule has 17 heavy (non-hydrogen) atoms. The van der Waals surface area contributed by atoms with Gasteiger partial charge in [0.25, 0.3) is 0 Å². The first-order valence-electron chi connectivity index (χ1n) is 4.96. The van der Waals surface area contributed by atoms with Gasteiger partial charge < -0.3 is 10.1 Å². The second-order valence-corrected chi connectivity index (χ2v) is 3.28. The van der Waals surface area contributed by atoms with Crippen LogP contribution in [0, 0.1) is 11.6 Å². The highest BCUT2D eigenvalue weighted by atomic mass is 19.1. The van der Waals surface area contributed by atoms with E-state index in [1.54, 1.807) is 19.2 Å². The van der Waals surface area contributed by atoms with E-state index in [9.17, 15) is 8.78 Å². The first-order chi connectivity index (χ1) is 8.20. The molecule has 1 heterocycles. The number of rotatable bonds is 3. The maximum Gasteiger partial charge on any atom is 0.242 e. The number of hydrogen-bond donors (Lipinski definition) is 1. The fraction of sp³-hybridized carbons (Fsp3) is 0.0833. The van der Waals surface area contributed by atoms with Gasteiger partial charge in [-0.3, -0.25) is 0 Å². The van der Waals surface area contributed by atoms with E-state index in [0.29, 0.717) is 5.69 Å². The molecule has 1 aromatic carbocycles. The number of halogens is 2. The van der Waals surface area contributed by atoms with Crippen LogP contribution < -0.4 is 10.1 Å². The van der Waals surface area contributed by atoms with E-state index in [4.69, 9.17) is 4.74 Å². The Labute approximate surface area is 97.1 Å². The molecule has 0 fully saturated rings. The smallest absolute Gasteiger partial charge is 0.242 e. The van der Waals surface area contributed by atoms with Gasteiger partial charge in [-0.1, -0.05) is 0 Å². The summed E-state index contributed by atoms with van der Waals surface area (Å²) in [6, 6.07) is 6.57. The minimum Gasteiger partial charge on any atom is -0.434 e. The van der Waals surface area contributed by atoms with Gasteiger partial charge in [-0.05, 0) is 24.3 Å². The molecule has 0 bridgehead atoms. The molecule has 0 atom stereocenters. The molecule has 1 N–H and O–H groups in total. The van der Waals surface area contributed by atoms with E-state index in [1.165, 1.54) is 12.3 Å². The van der Waals surface area contributed by atoms with E-state index in [0.717, 1.165) is 12.1 Å². The van der Waals surface area contributed by atoms with Crippen LogP contribution >= 0.6 is 0 Å². The summed E-state index contributed by atoms with van der Waals surface area (Å²) in [5, 5.41) is 2.86. The van der Waals surface area contributed by atoms with E-state index >= 15 is 0 Å². The lowest BCUT2D eigenvalue weighted by molar-refractivity contribution is 0.425. The zero-order valence-electron chi connectivity index (χ0n) is 9.08. The monoisotopic (exact) mass is 236 g/mol. The molecule has 0 amide bonds. The van der Waals surface area contributed by atoms with Crippen LogP contribution in [0.2, 0.25) is 0 Å². The Morgan fingerprint density at radius 2 is 2.06 bits per heavy atom. The first-order valence-corrected chi connectivity index (χ1v) is 4.96. The van der Waals surface area contributed by atoms with Crippen LogP contribution in [0.5, 0.6) is 11.6 Å². The summed E-state index contributed by atoms with van der Waals surface area (Å²) in [6.07, 6.45) is 1.53. The van der Waals surface area contributed by atoms with Crippen LogP contribution in [0.4, 0.5) is 14.5 Å². The quantitative estimate of drug-likeness (QED) is 0.888. The first kappa shape index (κ1) is 11.3. The molecule has 0 unspecified atom stereocenters. The molecular weight excluding hydrogens is 226 g/mol. The van der Waals surface area contributed by atoms with Crippen molar-refractivity contribution < 1.29 is 13.5 Å². The van der Waals surface area contributed by atoms with Crippen molar-refractivity contribution in [3.05, 3.63) is 48.2 Å². The van der Waals surface area contributed by atoms with Crippen molar-refractivity contribution in [3.8, 4) is 11.6 Å². The van der Waals surface area contributed by atoms with Gasteiger partial charge >= 0.3 is 0 Å². The summed E-state index contributed by atoms with van der Waals surface area (Å²) in [4.78, 5) is 3.96. The maximum absolute atomic E-state index is 13.4. The Hall–Kier alpha value is -2.17. The van der Waals surface area contributed by atoms with Gasteiger partial charge in [-0.25, -0.2) is 13.8 Å². The SMILES string of the molecule is CNc1cccnc1Oc1ccc(F)cc1F. The molecule has 2 rings (SSSR count). The summed E-state index contributed by atoms with van der Waals surface area (Å²) in [6.45, 7) is 0. The summed E-state index contributed by atoms with van der Waals surface area (Å²) >= 11 is 0. The van der Waals surface area contributed by atoms with Gasteiger partial charge in [0, 0.05) is 19.3 Å². The van der Waals surface area contributed by atoms with Crippen LogP contribution in [0.15, 0.2) is 36.5 Å². The molecule has 0 saturated carbocycles. The minimum atomic E-state index is -0.766. The number of nitrogens with one attached hydrogen (secondary N) is 1. The van der Waals surface area contributed by atoms with Crippen molar-refractivity contribution in [3.63, 3.8) is 0 Å². The zero-order chi connectivity index (χ0) is 12.3. The fourth-order valence-electron chi connectivity index (χ4n) is 1.32. The van der Waals surface area contributed by atoms with Crippen molar-refractivity contribution in [1.29, 1.82) is 0 Å². The zero-order valence-corrected chi connectivity index (χ0v) is 9.08. The number of pyridine rings is 1. The Bertz CT molecular complexity index is 532. The molecule has 0 aliphatic carbocycles. The second-order valence-electron chi connectivity index (χ2n) is 3.28. The Morgan fingerprint density at radius 3 is 2.76 bits per heavy atom. The molecule has 88 valence electrons. The highest BCUT2D eigenvalue weighted by Gasteiger charge is 2.09. The molecule has 5 heteroatoms. The topological polar surface area (TPSA) is 34.2 Å². The largest absolute Gasteiger partial charge is 0.434 e. The highest BCUT2D eigenvalue weighted by molar-refractivity contribution is 5.52. The van der Waals surface area contributed by atoms with Crippen molar-refractivity contribution >= 4 is 5.69 Å². The average molecular weight is 236 g/mol. The van der Waals surface area contributed by atoms with Crippen molar-refractivity contribution in [2.45, 2.75) is 0 Å². The van der Waals surface area contributed by atoms with E-state index < -0.39 is 11.6 Å².